The molecule has 0 aliphatic carbocycles. The standard InChI is InChI=1S/C14H27N3O.ClH/c1-12-13(6-5-7-15-12)14(18)16-8-11-17-9-3-2-4-10-17;/h12-13,15H,2-11H2,1H3,(H,16,18);1H. The summed E-state index contributed by atoms with van der Waals surface area (Å²) in [5, 5.41) is 6.49. The van der Waals surface area contributed by atoms with Gasteiger partial charge in [0.1, 0.15) is 0 Å². The van der Waals surface area contributed by atoms with Crippen molar-refractivity contribution >= 4 is 18.3 Å². The van der Waals surface area contributed by atoms with Crippen molar-refractivity contribution in [3.8, 4) is 0 Å². The van der Waals surface area contributed by atoms with E-state index in [0.717, 1.165) is 32.5 Å². The van der Waals surface area contributed by atoms with Crippen LogP contribution in [0.2, 0.25) is 0 Å². The quantitative estimate of drug-likeness (QED) is 0.822. The molecule has 0 spiro atoms. The fourth-order valence-electron chi connectivity index (χ4n) is 3.05. The topological polar surface area (TPSA) is 44.4 Å². The molecule has 2 aliphatic rings. The number of amides is 1. The van der Waals surface area contributed by atoms with E-state index in [-0.39, 0.29) is 24.2 Å². The average molecular weight is 290 g/mol. The summed E-state index contributed by atoms with van der Waals surface area (Å²) < 4.78 is 0. The van der Waals surface area contributed by atoms with Gasteiger partial charge >= 0.3 is 0 Å². The second-order valence-corrected chi connectivity index (χ2v) is 5.68. The van der Waals surface area contributed by atoms with Gasteiger partial charge in [-0.2, -0.15) is 0 Å². The molecule has 2 fully saturated rings. The molecule has 0 bridgehead atoms. The molecular weight excluding hydrogens is 262 g/mol. The Hall–Kier alpha value is -0.320. The van der Waals surface area contributed by atoms with Gasteiger partial charge < -0.3 is 15.5 Å². The summed E-state index contributed by atoms with van der Waals surface area (Å²) >= 11 is 0. The van der Waals surface area contributed by atoms with Crippen LogP contribution in [-0.2, 0) is 4.79 Å². The third kappa shape index (κ3) is 5.28. The molecule has 1 amide bonds. The van der Waals surface area contributed by atoms with Crippen LogP contribution in [0.1, 0.15) is 39.0 Å². The molecule has 5 heteroatoms. The van der Waals surface area contributed by atoms with Crippen LogP contribution in [0.15, 0.2) is 0 Å². The highest BCUT2D eigenvalue weighted by Crippen LogP contribution is 2.16. The van der Waals surface area contributed by atoms with E-state index in [1.165, 1.54) is 32.4 Å². The molecule has 2 atom stereocenters. The fourth-order valence-corrected chi connectivity index (χ4v) is 3.05. The summed E-state index contributed by atoms with van der Waals surface area (Å²) in [5.41, 5.74) is 0. The highest BCUT2D eigenvalue weighted by Gasteiger charge is 2.27. The minimum atomic E-state index is 0. The first-order valence-corrected chi connectivity index (χ1v) is 7.51. The van der Waals surface area contributed by atoms with Crippen molar-refractivity contribution in [1.29, 1.82) is 0 Å². The number of carbonyl (C=O) groups is 1. The lowest BCUT2D eigenvalue weighted by Crippen LogP contribution is -2.48. The van der Waals surface area contributed by atoms with Crippen molar-refractivity contribution in [1.82, 2.24) is 15.5 Å². The van der Waals surface area contributed by atoms with Crippen LogP contribution in [0, 0.1) is 5.92 Å². The predicted molar refractivity (Wildman–Crippen MR) is 80.7 cm³/mol. The predicted octanol–water partition coefficient (Wildman–Crippen LogP) is 1.40. The summed E-state index contributed by atoms with van der Waals surface area (Å²) in [6.07, 6.45) is 6.15. The van der Waals surface area contributed by atoms with Gasteiger partial charge in [0.2, 0.25) is 5.91 Å². The van der Waals surface area contributed by atoms with E-state index in [4.69, 9.17) is 0 Å². The molecule has 19 heavy (non-hydrogen) atoms. The number of carbonyl (C=O) groups excluding carboxylic acids is 1. The molecular formula is C14H28ClN3O. The van der Waals surface area contributed by atoms with Crippen molar-refractivity contribution in [2.45, 2.75) is 45.1 Å². The Labute approximate surface area is 123 Å². The maximum Gasteiger partial charge on any atom is 0.224 e. The summed E-state index contributed by atoms with van der Waals surface area (Å²) in [6.45, 7) is 7.41. The fraction of sp³-hybridized carbons (Fsp3) is 0.929. The second-order valence-electron chi connectivity index (χ2n) is 5.68. The van der Waals surface area contributed by atoms with Crippen molar-refractivity contribution in [3.05, 3.63) is 0 Å². The Morgan fingerprint density at radius 2 is 2.00 bits per heavy atom. The molecule has 2 unspecified atom stereocenters. The molecule has 2 rings (SSSR count). The van der Waals surface area contributed by atoms with Gasteiger partial charge in [0, 0.05) is 19.1 Å². The van der Waals surface area contributed by atoms with E-state index >= 15 is 0 Å². The molecule has 2 heterocycles. The highest BCUT2D eigenvalue weighted by atomic mass is 35.5. The summed E-state index contributed by atoms with van der Waals surface area (Å²) in [7, 11) is 0. The van der Waals surface area contributed by atoms with Crippen LogP contribution in [0.25, 0.3) is 0 Å². The van der Waals surface area contributed by atoms with Crippen molar-refractivity contribution in [2.75, 3.05) is 32.7 Å². The van der Waals surface area contributed by atoms with Crippen LogP contribution >= 0.6 is 12.4 Å². The Bertz CT molecular complexity index is 269. The molecule has 2 saturated heterocycles. The zero-order valence-electron chi connectivity index (χ0n) is 12.0. The van der Waals surface area contributed by atoms with E-state index < -0.39 is 0 Å². The Morgan fingerprint density at radius 3 is 2.68 bits per heavy atom. The van der Waals surface area contributed by atoms with E-state index in [0.29, 0.717) is 6.04 Å². The molecule has 0 aromatic heterocycles. The first-order chi connectivity index (χ1) is 8.77. The first kappa shape index (κ1) is 16.7. The lowest BCUT2D eigenvalue weighted by molar-refractivity contribution is -0.126. The van der Waals surface area contributed by atoms with Gasteiger partial charge in [-0.05, 0) is 52.2 Å². The van der Waals surface area contributed by atoms with Crippen molar-refractivity contribution < 1.29 is 4.79 Å². The number of likely N-dealkylation sites (tertiary alicyclic amines) is 1. The molecule has 112 valence electrons. The zero-order valence-corrected chi connectivity index (χ0v) is 12.8. The van der Waals surface area contributed by atoms with Gasteiger partial charge in [-0.1, -0.05) is 6.42 Å². The Balaban J connectivity index is 0.00000180. The normalized spacial score (nSPS) is 28.5. The summed E-state index contributed by atoms with van der Waals surface area (Å²) in [5.74, 6) is 0.409. The van der Waals surface area contributed by atoms with Crippen LogP contribution < -0.4 is 10.6 Å². The minimum absolute atomic E-state index is 0. The van der Waals surface area contributed by atoms with E-state index in [9.17, 15) is 4.79 Å². The molecule has 2 N–H and O–H groups in total. The third-order valence-corrected chi connectivity index (χ3v) is 4.27. The van der Waals surface area contributed by atoms with Gasteiger partial charge in [0.05, 0.1) is 5.92 Å². The number of hydrogen-bond donors (Lipinski definition) is 2. The van der Waals surface area contributed by atoms with E-state index in [1.54, 1.807) is 0 Å². The van der Waals surface area contributed by atoms with Gasteiger partial charge in [0.25, 0.3) is 0 Å². The second kappa shape index (κ2) is 8.77. The Morgan fingerprint density at radius 1 is 1.26 bits per heavy atom. The van der Waals surface area contributed by atoms with E-state index in [2.05, 4.69) is 22.5 Å². The van der Waals surface area contributed by atoms with E-state index in [1.807, 2.05) is 0 Å². The maximum atomic E-state index is 12.1. The van der Waals surface area contributed by atoms with Gasteiger partial charge in [-0.25, -0.2) is 0 Å². The van der Waals surface area contributed by atoms with Crippen LogP contribution in [-0.4, -0.2) is 49.6 Å². The van der Waals surface area contributed by atoms with Crippen LogP contribution in [0.5, 0.6) is 0 Å². The monoisotopic (exact) mass is 289 g/mol. The molecule has 0 saturated carbocycles. The lowest BCUT2D eigenvalue weighted by atomic mass is 9.91. The number of nitrogens with one attached hydrogen (secondary N) is 2. The van der Waals surface area contributed by atoms with Crippen LogP contribution in [0.4, 0.5) is 0 Å². The summed E-state index contributed by atoms with van der Waals surface area (Å²) in [6, 6.07) is 0.328. The molecule has 4 nitrogen and oxygen atoms in total. The largest absolute Gasteiger partial charge is 0.355 e. The first-order valence-electron chi connectivity index (χ1n) is 7.51. The molecule has 0 aromatic carbocycles. The lowest BCUT2D eigenvalue weighted by Gasteiger charge is -2.30. The Kier molecular flexibility index (Phi) is 7.73. The zero-order chi connectivity index (χ0) is 12.8. The number of hydrogen-bond acceptors (Lipinski definition) is 3. The molecule has 0 radical (unpaired) electrons. The summed E-state index contributed by atoms with van der Waals surface area (Å²) in [4.78, 5) is 14.5. The minimum Gasteiger partial charge on any atom is -0.355 e. The maximum absolute atomic E-state index is 12.1. The SMILES string of the molecule is CC1NCCCC1C(=O)NCCN1CCCCC1.Cl. The van der Waals surface area contributed by atoms with Crippen molar-refractivity contribution in [3.63, 3.8) is 0 Å². The smallest absolute Gasteiger partial charge is 0.224 e. The average Bonchev–Trinajstić information content (AvgIpc) is 2.40. The number of nitrogens with zero attached hydrogens (tertiary/aromatic N) is 1. The van der Waals surface area contributed by atoms with Crippen molar-refractivity contribution in [2.24, 2.45) is 5.92 Å². The highest BCUT2D eigenvalue weighted by molar-refractivity contribution is 5.85. The number of piperidine rings is 2. The molecule has 0 aromatic rings. The molecule has 2 aliphatic heterocycles. The number of halogens is 1. The van der Waals surface area contributed by atoms with Gasteiger partial charge in [0.15, 0.2) is 0 Å². The third-order valence-electron chi connectivity index (χ3n) is 4.27. The number of rotatable bonds is 4. The van der Waals surface area contributed by atoms with Gasteiger partial charge in [-0.15, -0.1) is 12.4 Å². The van der Waals surface area contributed by atoms with Gasteiger partial charge in [-0.3, -0.25) is 4.79 Å². The van der Waals surface area contributed by atoms with Crippen LogP contribution in [0.3, 0.4) is 0 Å².